The van der Waals surface area contributed by atoms with E-state index in [2.05, 4.69) is 15.6 Å². The number of ether oxygens (including phenoxy) is 1. The van der Waals surface area contributed by atoms with E-state index in [9.17, 15) is 9.18 Å². The molecule has 0 fully saturated rings. The van der Waals surface area contributed by atoms with Gasteiger partial charge >= 0.3 is 0 Å². The first-order valence-corrected chi connectivity index (χ1v) is 7.57. The minimum Gasteiger partial charge on any atom is -0.497 e. The van der Waals surface area contributed by atoms with E-state index in [4.69, 9.17) is 4.74 Å². The van der Waals surface area contributed by atoms with Gasteiger partial charge < -0.3 is 15.4 Å². The number of hydrogen-bond donors (Lipinski definition) is 2. The smallest absolute Gasteiger partial charge is 0.257 e. The fraction of sp³-hybridized carbons (Fsp3) is 0.0526. The van der Waals surface area contributed by atoms with Crippen molar-refractivity contribution in [3.63, 3.8) is 0 Å². The Balaban J connectivity index is 1.72. The molecule has 126 valence electrons. The molecule has 1 heterocycles. The molecule has 6 heteroatoms. The van der Waals surface area contributed by atoms with Crippen LogP contribution in [-0.2, 0) is 0 Å². The number of amides is 1. The minimum atomic E-state index is -0.341. The Morgan fingerprint density at radius 2 is 1.80 bits per heavy atom. The Morgan fingerprint density at radius 1 is 1.00 bits per heavy atom. The number of nitrogens with one attached hydrogen (secondary N) is 2. The largest absolute Gasteiger partial charge is 0.497 e. The van der Waals surface area contributed by atoms with Crippen LogP contribution in [0.25, 0.3) is 0 Å². The summed E-state index contributed by atoms with van der Waals surface area (Å²) in [6.45, 7) is 0. The highest BCUT2D eigenvalue weighted by atomic mass is 19.1. The van der Waals surface area contributed by atoms with E-state index < -0.39 is 0 Å². The molecule has 0 bridgehead atoms. The molecule has 0 atom stereocenters. The molecule has 0 saturated heterocycles. The van der Waals surface area contributed by atoms with Gasteiger partial charge in [0.25, 0.3) is 5.91 Å². The van der Waals surface area contributed by atoms with Gasteiger partial charge in [0.2, 0.25) is 0 Å². The lowest BCUT2D eigenvalue weighted by atomic mass is 10.2. The topological polar surface area (TPSA) is 63.2 Å². The van der Waals surface area contributed by atoms with Crippen molar-refractivity contribution >= 4 is 23.0 Å². The summed E-state index contributed by atoms with van der Waals surface area (Å²) in [5.41, 5.74) is 2.20. The summed E-state index contributed by atoms with van der Waals surface area (Å²) in [6, 6.07) is 14.7. The van der Waals surface area contributed by atoms with Crippen LogP contribution >= 0.6 is 0 Å². The number of rotatable bonds is 5. The van der Waals surface area contributed by atoms with Gasteiger partial charge in [0.1, 0.15) is 11.6 Å². The molecular formula is C19H16FN3O2. The highest BCUT2D eigenvalue weighted by Gasteiger charge is 2.08. The van der Waals surface area contributed by atoms with E-state index in [0.29, 0.717) is 28.4 Å². The van der Waals surface area contributed by atoms with Gasteiger partial charge in [-0.2, -0.15) is 0 Å². The second-order valence-corrected chi connectivity index (χ2v) is 5.28. The third-order valence-corrected chi connectivity index (χ3v) is 3.46. The molecular weight excluding hydrogens is 321 g/mol. The molecule has 1 aromatic heterocycles. The van der Waals surface area contributed by atoms with Crippen molar-refractivity contribution in [1.82, 2.24) is 4.98 Å². The van der Waals surface area contributed by atoms with Gasteiger partial charge in [0, 0.05) is 17.6 Å². The van der Waals surface area contributed by atoms with Crippen LogP contribution < -0.4 is 15.4 Å². The predicted octanol–water partition coefficient (Wildman–Crippen LogP) is 4.23. The molecule has 5 nitrogen and oxygen atoms in total. The van der Waals surface area contributed by atoms with Gasteiger partial charge in [-0.3, -0.25) is 9.78 Å². The Kier molecular flexibility index (Phi) is 4.89. The summed E-state index contributed by atoms with van der Waals surface area (Å²) in [4.78, 5) is 16.4. The van der Waals surface area contributed by atoms with Crippen LogP contribution in [0.4, 0.5) is 21.5 Å². The van der Waals surface area contributed by atoms with E-state index in [1.807, 2.05) is 0 Å². The van der Waals surface area contributed by atoms with Crippen LogP contribution in [0.5, 0.6) is 5.75 Å². The van der Waals surface area contributed by atoms with Gasteiger partial charge in [-0.15, -0.1) is 0 Å². The highest BCUT2D eigenvalue weighted by Crippen LogP contribution is 2.19. The average Bonchev–Trinajstić information content (AvgIpc) is 2.62. The predicted molar refractivity (Wildman–Crippen MR) is 94.9 cm³/mol. The van der Waals surface area contributed by atoms with Crippen LogP contribution in [0.2, 0.25) is 0 Å². The van der Waals surface area contributed by atoms with Gasteiger partial charge in [-0.05, 0) is 48.5 Å². The molecule has 3 aromatic rings. The maximum atomic E-state index is 13.2. The molecule has 2 N–H and O–H groups in total. The van der Waals surface area contributed by atoms with Gasteiger partial charge in [-0.25, -0.2) is 4.39 Å². The standard InChI is InChI=1S/C19H16FN3O2/c1-25-18-7-5-15(6-8-18)23-19(24)13-9-17(12-21-11-13)22-16-4-2-3-14(20)10-16/h2-12,22H,1H3,(H,23,24). The normalized spacial score (nSPS) is 10.2. The van der Waals surface area contributed by atoms with Crippen LogP contribution in [0.3, 0.4) is 0 Å². The summed E-state index contributed by atoms with van der Waals surface area (Å²) >= 11 is 0. The number of aromatic nitrogens is 1. The second kappa shape index (κ2) is 7.44. The number of carbonyl (C=O) groups is 1. The molecule has 0 aliphatic heterocycles. The van der Waals surface area contributed by atoms with Gasteiger partial charge in [0.15, 0.2) is 0 Å². The van der Waals surface area contributed by atoms with Crippen molar-refractivity contribution in [2.45, 2.75) is 0 Å². The summed E-state index contributed by atoms with van der Waals surface area (Å²) in [6.07, 6.45) is 3.03. The average molecular weight is 337 g/mol. The molecule has 25 heavy (non-hydrogen) atoms. The zero-order valence-electron chi connectivity index (χ0n) is 13.5. The Labute approximate surface area is 144 Å². The molecule has 0 saturated carbocycles. The first kappa shape index (κ1) is 16.4. The second-order valence-electron chi connectivity index (χ2n) is 5.28. The summed E-state index contributed by atoms with van der Waals surface area (Å²) in [7, 11) is 1.58. The van der Waals surface area contributed by atoms with Crippen molar-refractivity contribution in [3.05, 3.63) is 78.4 Å². The van der Waals surface area contributed by atoms with Crippen molar-refractivity contribution in [3.8, 4) is 5.75 Å². The van der Waals surface area contributed by atoms with Crippen molar-refractivity contribution in [2.75, 3.05) is 17.7 Å². The number of methoxy groups -OCH3 is 1. The van der Waals surface area contributed by atoms with Crippen LogP contribution in [0, 0.1) is 5.82 Å². The lowest BCUT2D eigenvalue weighted by Crippen LogP contribution is -2.12. The van der Waals surface area contributed by atoms with Crippen LogP contribution in [0.1, 0.15) is 10.4 Å². The van der Waals surface area contributed by atoms with E-state index in [1.54, 1.807) is 55.8 Å². The molecule has 2 aromatic carbocycles. The zero-order chi connectivity index (χ0) is 17.6. The molecule has 0 aliphatic carbocycles. The van der Waals surface area contributed by atoms with E-state index in [1.165, 1.54) is 18.3 Å². The number of nitrogens with zero attached hydrogens (tertiary/aromatic N) is 1. The monoisotopic (exact) mass is 337 g/mol. The molecule has 3 rings (SSSR count). The lowest BCUT2D eigenvalue weighted by molar-refractivity contribution is 0.102. The third-order valence-electron chi connectivity index (χ3n) is 3.46. The van der Waals surface area contributed by atoms with E-state index in [0.717, 1.165) is 0 Å². The number of benzene rings is 2. The quantitative estimate of drug-likeness (QED) is 0.731. The van der Waals surface area contributed by atoms with E-state index >= 15 is 0 Å². The number of anilines is 3. The van der Waals surface area contributed by atoms with Gasteiger partial charge in [-0.1, -0.05) is 6.07 Å². The Hall–Kier alpha value is -3.41. The van der Waals surface area contributed by atoms with Crippen LogP contribution in [-0.4, -0.2) is 18.0 Å². The van der Waals surface area contributed by atoms with Gasteiger partial charge in [0.05, 0.1) is 24.6 Å². The molecule has 0 spiro atoms. The number of halogens is 1. The van der Waals surface area contributed by atoms with Crippen molar-refractivity contribution < 1.29 is 13.9 Å². The minimum absolute atomic E-state index is 0.291. The summed E-state index contributed by atoms with van der Waals surface area (Å²) < 4.78 is 18.3. The first-order chi connectivity index (χ1) is 12.1. The molecule has 0 unspecified atom stereocenters. The number of pyridine rings is 1. The maximum absolute atomic E-state index is 13.2. The third kappa shape index (κ3) is 4.32. The first-order valence-electron chi connectivity index (χ1n) is 7.57. The number of hydrogen-bond acceptors (Lipinski definition) is 4. The van der Waals surface area contributed by atoms with Crippen molar-refractivity contribution in [1.29, 1.82) is 0 Å². The zero-order valence-corrected chi connectivity index (χ0v) is 13.5. The SMILES string of the molecule is COc1ccc(NC(=O)c2cncc(Nc3cccc(F)c3)c2)cc1. The molecule has 0 aliphatic rings. The maximum Gasteiger partial charge on any atom is 0.257 e. The molecule has 1 amide bonds. The lowest BCUT2D eigenvalue weighted by Gasteiger charge is -2.09. The van der Waals surface area contributed by atoms with Crippen molar-refractivity contribution in [2.24, 2.45) is 0 Å². The summed E-state index contributed by atoms with van der Waals surface area (Å²) in [5, 5.41) is 5.81. The fourth-order valence-electron chi connectivity index (χ4n) is 2.24. The fourth-order valence-corrected chi connectivity index (χ4v) is 2.24. The number of carbonyl (C=O) groups excluding carboxylic acids is 1. The highest BCUT2D eigenvalue weighted by molar-refractivity contribution is 6.04. The Bertz CT molecular complexity index is 882. The Morgan fingerprint density at radius 3 is 2.52 bits per heavy atom. The van der Waals surface area contributed by atoms with Crippen LogP contribution in [0.15, 0.2) is 67.0 Å². The summed E-state index contributed by atoms with van der Waals surface area (Å²) in [5.74, 6) is 0.0767. The van der Waals surface area contributed by atoms with E-state index in [-0.39, 0.29) is 11.7 Å². The molecule has 0 radical (unpaired) electrons.